The Balaban J connectivity index is 0.000000606. The van der Waals surface area contributed by atoms with Crippen molar-refractivity contribution in [2.45, 2.75) is 34.6 Å². The molecule has 1 heterocycles. The van der Waals surface area contributed by atoms with Crippen LogP contribution in [0, 0.1) is 20.8 Å². The van der Waals surface area contributed by atoms with E-state index in [1.807, 2.05) is 25.5 Å². The largest absolute Gasteiger partial charge is 0.221 e. The van der Waals surface area contributed by atoms with Crippen LogP contribution in [0.3, 0.4) is 0 Å². The van der Waals surface area contributed by atoms with E-state index >= 15 is 0 Å². The van der Waals surface area contributed by atoms with Crippen molar-refractivity contribution in [1.29, 1.82) is 0 Å². The minimum Gasteiger partial charge on any atom is -0.221 e. The lowest BCUT2D eigenvalue weighted by atomic mass is 10.1. The third-order valence-corrected chi connectivity index (χ3v) is 2.21. The van der Waals surface area contributed by atoms with Gasteiger partial charge in [0.05, 0.1) is 5.69 Å². The number of benzene rings is 1. The lowest BCUT2D eigenvalue weighted by Crippen LogP contribution is -1.98. The van der Waals surface area contributed by atoms with Crippen LogP contribution < -0.4 is 0 Å². The van der Waals surface area contributed by atoms with E-state index in [0.717, 1.165) is 11.5 Å². The molecule has 3 nitrogen and oxygen atoms in total. The smallest absolute Gasteiger partial charge is 0.147 e. The molecule has 3 heteroatoms. The molecule has 86 valence electrons. The molecule has 0 amide bonds. The minimum atomic E-state index is 0.796. The van der Waals surface area contributed by atoms with Crippen molar-refractivity contribution in [2.75, 3.05) is 0 Å². The molecule has 0 aliphatic carbocycles. The van der Waals surface area contributed by atoms with Crippen LogP contribution in [-0.2, 0) is 0 Å². The maximum Gasteiger partial charge on any atom is 0.147 e. The molecular weight excluding hydrogens is 198 g/mol. The van der Waals surface area contributed by atoms with Gasteiger partial charge in [-0.25, -0.2) is 9.67 Å². The Labute approximate surface area is 97.1 Å². The van der Waals surface area contributed by atoms with Crippen LogP contribution in [0.4, 0.5) is 0 Å². The quantitative estimate of drug-likeness (QED) is 0.734. The first kappa shape index (κ1) is 12.4. The van der Waals surface area contributed by atoms with Gasteiger partial charge in [0.1, 0.15) is 12.2 Å². The molecule has 0 aliphatic heterocycles. The van der Waals surface area contributed by atoms with Crippen molar-refractivity contribution in [3.05, 3.63) is 41.5 Å². The van der Waals surface area contributed by atoms with Crippen LogP contribution >= 0.6 is 0 Å². The highest BCUT2D eigenvalue weighted by atomic mass is 15.3. The van der Waals surface area contributed by atoms with Crippen LogP contribution in [0.5, 0.6) is 0 Å². The number of hydrogen-bond donors (Lipinski definition) is 0. The van der Waals surface area contributed by atoms with Gasteiger partial charge in [0.2, 0.25) is 0 Å². The van der Waals surface area contributed by atoms with Gasteiger partial charge in [0, 0.05) is 0 Å². The van der Waals surface area contributed by atoms with Gasteiger partial charge in [-0.05, 0) is 32.4 Å². The lowest BCUT2D eigenvalue weighted by Gasteiger charge is -2.05. The average molecular weight is 217 g/mol. The van der Waals surface area contributed by atoms with Gasteiger partial charge < -0.3 is 0 Å². The summed E-state index contributed by atoms with van der Waals surface area (Å²) in [6.45, 7) is 10.1. The van der Waals surface area contributed by atoms with Gasteiger partial charge in [0.25, 0.3) is 0 Å². The molecule has 0 aliphatic rings. The fourth-order valence-corrected chi connectivity index (χ4v) is 1.52. The maximum atomic E-state index is 4.28. The Morgan fingerprint density at radius 2 is 1.75 bits per heavy atom. The van der Waals surface area contributed by atoms with Gasteiger partial charge in [-0.1, -0.05) is 31.5 Å². The zero-order chi connectivity index (χ0) is 12.1. The summed E-state index contributed by atoms with van der Waals surface area (Å²) in [5.74, 6) is 0.796. The number of aryl methyl sites for hydroxylation is 3. The molecule has 0 bridgehead atoms. The van der Waals surface area contributed by atoms with E-state index < -0.39 is 0 Å². The van der Waals surface area contributed by atoms with Gasteiger partial charge in [-0.3, -0.25) is 0 Å². The second kappa shape index (κ2) is 5.45. The molecule has 0 spiro atoms. The van der Waals surface area contributed by atoms with E-state index in [9.17, 15) is 0 Å². The summed E-state index contributed by atoms with van der Waals surface area (Å²) in [6.07, 6.45) is 1.74. The molecule has 2 aromatic rings. The van der Waals surface area contributed by atoms with Gasteiger partial charge in [-0.15, -0.1) is 0 Å². The molecule has 16 heavy (non-hydrogen) atoms. The predicted molar refractivity (Wildman–Crippen MR) is 66.9 cm³/mol. The number of nitrogens with zero attached hydrogens (tertiary/aromatic N) is 3. The summed E-state index contributed by atoms with van der Waals surface area (Å²) in [7, 11) is 0. The molecule has 0 N–H and O–H groups in total. The number of hydrogen-bond acceptors (Lipinski definition) is 2. The Morgan fingerprint density at radius 3 is 2.25 bits per heavy atom. The van der Waals surface area contributed by atoms with E-state index in [2.05, 4.69) is 42.1 Å². The first-order valence-corrected chi connectivity index (χ1v) is 5.63. The van der Waals surface area contributed by atoms with Crippen molar-refractivity contribution < 1.29 is 0 Å². The fraction of sp³-hybridized carbons (Fsp3) is 0.385. The van der Waals surface area contributed by atoms with Crippen molar-refractivity contribution in [1.82, 2.24) is 14.8 Å². The average Bonchev–Trinajstić information content (AvgIpc) is 2.68. The second-order valence-corrected chi connectivity index (χ2v) is 3.53. The number of rotatable bonds is 1. The fourth-order valence-electron chi connectivity index (χ4n) is 1.52. The Bertz CT molecular complexity index is 458. The first-order chi connectivity index (χ1) is 7.66. The topological polar surface area (TPSA) is 30.7 Å². The van der Waals surface area contributed by atoms with Crippen LogP contribution in [0.15, 0.2) is 24.5 Å². The molecule has 0 saturated heterocycles. The maximum absolute atomic E-state index is 4.28. The Kier molecular flexibility index (Phi) is 4.23. The SMILES string of the molecule is CC.Cc1ccc(-n2cnc(C)n2)c(C)c1. The molecule has 0 atom stereocenters. The second-order valence-electron chi connectivity index (χ2n) is 3.53. The predicted octanol–water partition coefficient (Wildman–Crippen LogP) is 3.22. The van der Waals surface area contributed by atoms with Crippen molar-refractivity contribution in [3.63, 3.8) is 0 Å². The van der Waals surface area contributed by atoms with E-state index in [1.54, 1.807) is 6.33 Å². The molecule has 0 radical (unpaired) electrons. The molecule has 0 fully saturated rings. The van der Waals surface area contributed by atoms with Gasteiger partial charge in [-0.2, -0.15) is 5.10 Å². The molecular formula is C13H19N3. The molecule has 1 aromatic carbocycles. The highest BCUT2D eigenvalue weighted by Crippen LogP contribution is 2.14. The third kappa shape index (κ3) is 2.69. The highest BCUT2D eigenvalue weighted by molar-refractivity contribution is 5.41. The van der Waals surface area contributed by atoms with Crippen LogP contribution in [0.2, 0.25) is 0 Å². The standard InChI is InChI=1S/C11H13N3.C2H6/c1-8-4-5-11(9(2)6-8)14-7-12-10(3)13-14;1-2/h4-7H,1-3H3;1-2H3. The van der Waals surface area contributed by atoms with E-state index in [0.29, 0.717) is 0 Å². The van der Waals surface area contributed by atoms with Crippen molar-refractivity contribution in [3.8, 4) is 5.69 Å². The summed E-state index contributed by atoms with van der Waals surface area (Å²) in [4.78, 5) is 4.11. The Hall–Kier alpha value is -1.64. The normalized spacial score (nSPS) is 9.56. The zero-order valence-corrected chi connectivity index (χ0v) is 10.7. The minimum absolute atomic E-state index is 0.796. The van der Waals surface area contributed by atoms with E-state index in [-0.39, 0.29) is 0 Å². The summed E-state index contributed by atoms with van der Waals surface area (Å²) in [5.41, 5.74) is 3.58. The summed E-state index contributed by atoms with van der Waals surface area (Å²) in [6, 6.07) is 6.30. The third-order valence-electron chi connectivity index (χ3n) is 2.21. The van der Waals surface area contributed by atoms with Crippen molar-refractivity contribution in [2.24, 2.45) is 0 Å². The molecule has 1 aromatic heterocycles. The molecule has 0 saturated carbocycles. The Morgan fingerprint density at radius 1 is 1.06 bits per heavy atom. The van der Waals surface area contributed by atoms with Crippen LogP contribution in [0.1, 0.15) is 30.8 Å². The molecule has 0 unspecified atom stereocenters. The summed E-state index contributed by atoms with van der Waals surface area (Å²) < 4.78 is 1.81. The van der Waals surface area contributed by atoms with Crippen LogP contribution in [0.25, 0.3) is 5.69 Å². The van der Waals surface area contributed by atoms with E-state index in [4.69, 9.17) is 0 Å². The summed E-state index contributed by atoms with van der Waals surface area (Å²) in [5, 5.41) is 4.28. The van der Waals surface area contributed by atoms with Gasteiger partial charge >= 0.3 is 0 Å². The molecule has 2 rings (SSSR count). The van der Waals surface area contributed by atoms with Crippen LogP contribution in [-0.4, -0.2) is 14.8 Å². The highest BCUT2D eigenvalue weighted by Gasteiger charge is 2.02. The van der Waals surface area contributed by atoms with E-state index in [1.165, 1.54) is 11.1 Å². The first-order valence-electron chi connectivity index (χ1n) is 5.63. The monoisotopic (exact) mass is 217 g/mol. The van der Waals surface area contributed by atoms with Crippen molar-refractivity contribution >= 4 is 0 Å². The zero-order valence-electron chi connectivity index (χ0n) is 10.7. The van der Waals surface area contributed by atoms with Gasteiger partial charge in [0.15, 0.2) is 0 Å². The number of aromatic nitrogens is 3. The lowest BCUT2D eigenvalue weighted by molar-refractivity contribution is 0.855. The summed E-state index contributed by atoms with van der Waals surface area (Å²) >= 11 is 0.